The number of halogens is 1. The highest BCUT2D eigenvalue weighted by molar-refractivity contribution is 9.10. The number of nitrogens with two attached hydrogens (primary N) is 1. The van der Waals surface area contributed by atoms with Crippen LogP contribution in [0.1, 0.15) is 13.3 Å². The van der Waals surface area contributed by atoms with Crippen molar-refractivity contribution in [1.82, 2.24) is 4.98 Å². The number of carbonyl (C=O) groups is 1. The van der Waals surface area contributed by atoms with Crippen LogP contribution in [0.3, 0.4) is 0 Å². The first-order chi connectivity index (χ1) is 6.59. The molecule has 0 saturated carbocycles. The first-order valence-electron chi connectivity index (χ1n) is 4.24. The molecule has 3 N–H and O–H groups in total. The van der Waals surface area contributed by atoms with E-state index in [-0.39, 0.29) is 11.9 Å². The van der Waals surface area contributed by atoms with Gasteiger partial charge in [0.05, 0.1) is 10.2 Å². The van der Waals surface area contributed by atoms with Gasteiger partial charge in [0, 0.05) is 24.9 Å². The van der Waals surface area contributed by atoms with E-state index in [1.165, 1.54) is 0 Å². The minimum absolute atomic E-state index is 0.0196. The lowest BCUT2D eigenvalue weighted by molar-refractivity contribution is -0.118. The minimum Gasteiger partial charge on any atom is -0.381 e. The van der Waals surface area contributed by atoms with Crippen LogP contribution >= 0.6 is 15.9 Å². The second kappa shape index (κ2) is 4.95. The van der Waals surface area contributed by atoms with Gasteiger partial charge in [-0.25, -0.2) is 0 Å². The number of hydrogen-bond acceptors (Lipinski definition) is 3. The Kier molecular flexibility index (Phi) is 3.88. The Labute approximate surface area is 91.0 Å². The number of nitrogens with one attached hydrogen (secondary N) is 1. The van der Waals surface area contributed by atoms with Gasteiger partial charge in [-0.3, -0.25) is 9.78 Å². The molecule has 1 aromatic heterocycles. The number of rotatable bonds is 4. The Morgan fingerprint density at radius 3 is 3.07 bits per heavy atom. The van der Waals surface area contributed by atoms with Crippen molar-refractivity contribution >= 4 is 27.5 Å². The van der Waals surface area contributed by atoms with E-state index in [1.807, 2.05) is 13.0 Å². The van der Waals surface area contributed by atoms with Gasteiger partial charge in [0.1, 0.15) is 0 Å². The molecule has 1 heterocycles. The van der Waals surface area contributed by atoms with E-state index in [4.69, 9.17) is 5.73 Å². The van der Waals surface area contributed by atoms with E-state index >= 15 is 0 Å². The topological polar surface area (TPSA) is 68.0 Å². The highest BCUT2D eigenvalue weighted by Crippen LogP contribution is 2.20. The molecule has 1 aromatic rings. The molecular formula is C9H12BrN3O. The predicted octanol–water partition coefficient (Wildman–Crippen LogP) is 1.52. The minimum atomic E-state index is -0.310. The van der Waals surface area contributed by atoms with Crippen LogP contribution in [0.5, 0.6) is 0 Å². The van der Waals surface area contributed by atoms with Crippen molar-refractivity contribution in [2.75, 3.05) is 5.32 Å². The maximum Gasteiger partial charge on any atom is 0.219 e. The summed E-state index contributed by atoms with van der Waals surface area (Å²) in [6.07, 6.45) is 3.69. The van der Waals surface area contributed by atoms with Gasteiger partial charge in [0.15, 0.2) is 0 Å². The Bertz CT molecular complexity index is 330. The molecular weight excluding hydrogens is 246 g/mol. The largest absolute Gasteiger partial charge is 0.381 e. The molecule has 0 saturated heterocycles. The monoisotopic (exact) mass is 257 g/mol. The van der Waals surface area contributed by atoms with Gasteiger partial charge < -0.3 is 11.1 Å². The maximum absolute atomic E-state index is 10.6. The number of pyridine rings is 1. The van der Waals surface area contributed by atoms with E-state index in [0.717, 1.165) is 10.2 Å². The Hall–Kier alpha value is -1.10. The van der Waals surface area contributed by atoms with Gasteiger partial charge in [-0.2, -0.15) is 0 Å². The van der Waals surface area contributed by atoms with Crippen LogP contribution in [0.2, 0.25) is 0 Å². The van der Waals surface area contributed by atoms with Crippen LogP contribution < -0.4 is 11.1 Å². The Morgan fingerprint density at radius 2 is 2.50 bits per heavy atom. The van der Waals surface area contributed by atoms with E-state index in [2.05, 4.69) is 26.2 Å². The second-order valence-electron chi connectivity index (χ2n) is 3.07. The number of carbonyl (C=O) groups excluding carboxylic acids is 1. The standard InChI is InChI=1S/C9H12BrN3O/c1-6(4-9(11)14)13-8-2-3-12-5-7(8)10/h2-3,5-6H,4H2,1H3,(H2,11,14)(H,12,13). The zero-order valence-electron chi connectivity index (χ0n) is 7.83. The van der Waals surface area contributed by atoms with E-state index in [9.17, 15) is 4.79 Å². The van der Waals surface area contributed by atoms with Crippen molar-refractivity contribution in [3.8, 4) is 0 Å². The molecule has 0 aliphatic rings. The Balaban J connectivity index is 2.60. The lowest BCUT2D eigenvalue weighted by Crippen LogP contribution is -2.24. The fourth-order valence-electron chi connectivity index (χ4n) is 1.11. The first kappa shape index (κ1) is 11.0. The molecule has 1 amide bonds. The molecule has 0 fully saturated rings. The highest BCUT2D eigenvalue weighted by Gasteiger charge is 2.07. The number of nitrogens with zero attached hydrogens (tertiary/aromatic N) is 1. The Morgan fingerprint density at radius 1 is 1.79 bits per heavy atom. The lowest BCUT2D eigenvalue weighted by Gasteiger charge is -2.14. The molecule has 14 heavy (non-hydrogen) atoms. The maximum atomic E-state index is 10.6. The summed E-state index contributed by atoms with van der Waals surface area (Å²) in [7, 11) is 0. The number of anilines is 1. The number of amides is 1. The lowest BCUT2D eigenvalue weighted by atomic mass is 10.2. The number of aromatic nitrogens is 1. The fourth-order valence-corrected chi connectivity index (χ4v) is 1.48. The molecule has 4 nitrogen and oxygen atoms in total. The van der Waals surface area contributed by atoms with E-state index in [0.29, 0.717) is 6.42 Å². The van der Waals surface area contributed by atoms with Gasteiger partial charge in [0.2, 0.25) is 5.91 Å². The van der Waals surface area contributed by atoms with Crippen molar-refractivity contribution in [2.24, 2.45) is 5.73 Å². The molecule has 5 heteroatoms. The molecule has 1 atom stereocenters. The van der Waals surface area contributed by atoms with Crippen LogP contribution in [-0.2, 0) is 4.79 Å². The summed E-state index contributed by atoms with van der Waals surface area (Å²) in [5.74, 6) is -0.310. The van der Waals surface area contributed by atoms with Crippen LogP contribution in [0.4, 0.5) is 5.69 Å². The highest BCUT2D eigenvalue weighted by atomic mass is 79.9. The molecule has 0 bridgehead atoms. The average Bonchev–Trinajstić information content (AvgIpc) is 2.07. The summed E-state index contributed by atoms with van der Waals surface area (Å²) in [5, 5.41) is 3.15. The third kappa shape index (κ3) is 3.33. The summed E-state index contributed by atoms with van der Waals surface area (Å²) < 4.78 is 0.872. The zero-order valence-corrected chi connectivity index (χ0v) is 9.41. The summed E-state index contributed by atoms with van der Waals surface area (Å²) in [6.45, 7) is 1.90. The van der Waals surface area contributed by atoms with Crippen LogP contribution in [-0.4, -0.2) is 16.9 Å². The average molecular weight is 258 g/mol. The molecule has 0 aliphatic heterocycles. The summed E-state index contributed by atoms with van der Waals surface area (Å²) >= 11 is 3.35. The van der Waals surface area contributed by atoms with Crippen molar-refractivity contribution in [3.63, 3.8) is 0 Å². The van der Waals surface area contributed by atoms with Crippen LogP contribution in [0.15, 0.2) is 22.9 Å². The predicted molar refractivity (Wildman–Crippen MR) is 58.8 cm³/mol. The fraction of sp³-hybridized carbons (Fsp3) is 0.333. The van der Waals surface area contributed by atoms with E-state index < -0.39 is 0 Å². The molecule has 1 unspecified atom stereocenters. The molecule has 0 aromatic carbocycles. The molecule has 0 aliphatic carbocycles. The summed E-state index contributed by atoms with van der Waals surface area (Å²) in [5.41, 5.74) is 5.99. The third-order valence-electron chi connectivity index (χ3n) is 1.68. The first-order valence-corrected chi connectivity index (χ1v) is 5.03. The van der Waals surface area contributed by atoms with Crippen molar-refractivity contribution in [1.29, 1.82) is 0 Å². The van der Waals surface area contributed by atoms with Gasteiger partial charge in [-0.1, -0.05) is 0 Å². The second-order valence-corrected chi connectivity index (χ2v) is 3.93. The quantitative estimate of drug-likeness (QED) is 0.860. The van der Waals surface area contributed by atoms with Crippen LogP contribution in [0, 0.1) is 0 Å². The zero-order chi connectivity index (χ0) is 10.6. The normalized spacial score (nSPS) is 12.1. The van der Waals surface area contributed by atoms with Gasteiger partial charge in [-0.15, -0.1) is 0 Å². The van der Waals surface area contributed by atoms with Gasteiger partial charge in [-0.05, 0) is 28.9 Å². The van der Waals surface area contributed by atoms with Gasteiger partial charge in [0.25, 0.3) is 0 Å². The van der Waals surface area contributed by atoms with Gasteiger partial charge >= 0.3 is 0 Å². The molecule has 0 spiro atoms. The number of primary amides is 1. The summed E-state index contributed by atoms with van der Waals surface area (Å²) in [4.78, 5) is 14.6. The smallest absolute Gasteiger partial charge is 0.219 e. The third-order valence-corrected chi connectivity index (χ3v) is 2.31. The van der Waals surface area contributed by atoms with Crippen molar-refractivity contribution in [2.45, 2.75) is 19.4 Å². The molecule has 1 rings (SSSR count). The molecule has 0 radical (unpaired) electrons. The number of hydrogen-bond donors (Lipinski definition) is 2. The SMILES string of the molecule is CC(CC(N)=O)Nc1ccncc1Br. The van der Waals surface area contributed by atoms with Crippen LogP contribution in [0.25, 0.3) is 0 Å². The van der Waals surface area contributed by atoms with E-state index in [1.54, 1.807) is 12.4 Å². The molecule has 76 valence electrons. The summed E-state index contributed by atoms with van der Waals surface area (Å²) in [6, 6.07) is 1.85. The van der Waals surface area contributed by atoms with Crippen molar-refractivity contribution < 1.29 is 4.79 Å². The van der Waals surface area contributed by atoms with Crippen molar-refractivity contribution in [3.05, 3.63) is 22.9 Å².